The predicted molar refractivity (Wildman–Crippen MR) is 156 cm³/mol. The van der Waals surface area contributed by atoms with Crippen molar-refractivity contribution in [3.63, 3.8) is 0 Å². The van der Waals surface area contributed by atoms with E-state index in [0.29, 0.717) is 11.6 Å². The van der Waals surface area contributed by atoms with Crippen LogP contribution in [-0.4, -0.2) is 31.7 Å². The number of fused-ring (bicyclic) bond motifs is 1. The van der Waals surface area contributed by atoms with Crippen molar-refractivity contribution in [3.05, 3.63) is 82.0 Å². The van der Waals surface area contributed by atoms with Gasteiger partial charge in [-0.1, -0.05) is 29.8 Å². The number of halogens is 1. The molecule has 0 spiro atoms. The molecule has 3 aromatic heterocycles. The average molecular weight is 570 g/mol. The van der Waals surface area contributed by atoms with Crippen LogP contribution < -0.4 is 4.72 Å². The first kappa shape index (κ1) is 27.5. The number of nitrogens with one attached hydrogen (secondary N) is 1. The van der Waals surface area contributed by atoms with Gasteiger partial charge in [-0.25, -0.2) is 0 Å². The maximum atomic E-state index is 13.2. The molecule has 1 fully saturated rings. The summed E-state index contributed by atoms with van der Waals surface area (Å²) in [6, 6.07) is 15.4. The number of thiophene rings is 1. The second-order valence-electron chi connectivity index (χ2n) is 11.1. The van der Waals surface area contributed by atoms with Gasteiger partial charge >= 0.3 is 0 Å². The van der Waals surface area contributed by atoms with Crippen molar-refractivity contribution in [2.45, 2.75) is 63.7 Å². The molecule has 200 valence electrons. The number of rotatable bonds is 6. The van der Waals surface area contributed by atoms with Gasteiger partial charge in [0.2, 0.25) is 0 Å². The van der Waals surface area contributed by atoms with E-state index >= 15 is 0 Å². The van der Waals surface area contributed by atoms with Gasteiger partial charge in [0.15, 0.2) is 5.79 Å². The molecular weight excluding hydrogens is 538 g/mol. The minimum atomic E-state index is -1.32. The maximum Gasteiger partial charge on any atom is 0.164 e. The van der Waals surface area contributed by atoms with Crippen LogP contribution in [0.2, 0.25) is 5.02 Å². The number of hydrogen-bond acceptors (Lipinski definition) is 7. The third-order valence-corrected chi connectivity index (χ3v) is 9.65. The molecule has 1 aliphatic heterocycles. The lowest BCUT2D eigenvalue weighted by atomic mass is 9.96. The van der Waals surface area contributed by atoms with E-state index in [-0.39, 0.29) is 6.04 Å². The first-order valence-electron chi connectivity index (χ1n) is 12.5. The summed E-state index contributed by atoms with van der Waals surface area (Å²) in [5, 5.41) is 0.617. The molecule has 9 heteroatoms. The standard InChI is InChI=1S/C29H32ClN3O3S2/c1-27(2,3)38(34)33-25(19-9-7-8-10-21(19)30)24-16-23-26(37-24)20(12-14-32-23)22-15-18(11-13-31-22)29(6)17-35-28(4,5)36-29/h7-16,25,33H,17H2,1-6H3/t25?,29-,38?/m1/s1. The first-order chi connectivity index (χ1) is 17.9. The highest BCUT2D eigenvalue weighted by molar-refractivity contribution is 7.90. The predicted octanol–water partition coefficient (Wildman–Crippen LogP) is 7.15. The van der Waals surface area contributed by atoms with Crippen molar-refractivity contribution in [3.8, 4) is 11.3 Å². The molecule has 4 aromatic rings. The van der Waals surface area contributed by atoms with E-state index in [1.54, 1.807) is 17.5 Å². The molecule has 0 saturated carbocycles. The van der Waals surface area contributed by atoms with Crippen LogP contribution in [0.15, 0.2) is 60.9 Å². The van der Waals surface area contributed by atoms with Crippen LogP contribution in [-0.2, 0) is 26.4 Å². The fraction of sp³-hybridized carbons (Fsp3) is 0.379. The van der Waals surface area contributed by atoms with Gasteiger partial charge in [-0.05, 0) is 83.0 Å². The maximum absolute atomic E-state index is 13.2. The third-order valence-electron chi connectivity index (χ3n) is 6.53. The number of ether oxygens (including phenoxy) is 2. The summed E-state index contributed by atoms with van der Waals surface area (Å²) in [7, 11) is 0. The molecule has 0 radical (unpaired) electrons. The number of pyridine rings is 2. The number of hydrogen-bond donors (Lipinski definition) is 1. The van der Waals surface area contributed by atoms with Crippen LogP contribution in [0.1, 0.15) is 63.6 Å². The summed E-state index contributed by atoms with van der Waals surface area (Å²) in [4.78, 5) is 10.3. The van der Waals surface area contributed by atoms with Gasteiger partial charge in [0, 0.05) is 39.2 Å². The molecule has 0 aliphatic carbocycles. The Labute approximate surface area is 236 Å². The van der Waals surface area contributed by atoms with Crippen LogP contribution in [0.4, 0.5) is 0 Å². The van der Waals surface area contributed by atoms with Crippen molar-refractivity contribution in [1.82, 2.24) is 14.7 Å². The fourth-order valence-electron chi connectivity index (χ4n) is 4.53. The van der Waals surface area contributed by atoms with Crippen molar-refractivity contribution < 1.29 is 14.0 Å². The summed E-state index contributed by atoms with van der Waals surface area (Å²) in [6.45, 7) is 12.2. The van der Waals surface area contributed by atoms with Crippen molar-refractivity contribution in [2.24, 2.45) is 0 Å². The van der Waals surface area contributed by atoms with Gasteiger partial charge in [0.05, 0.1) is 22.5 Å². The Bertz CT molecular complexity index is 1470. The Morgan fingerprint density at radius 3 is 2.50 bits per heavy atom. The minimum Gasteiger partial charge on any atom is -0.598 e. The smallest absolute Gasteiger partial charge is 0.164 e. The van der Waals surface area contributed by atoms with Gasteiger partial charge in [0.25, 0.3) is 0 Å². The highest BCUT2D eigenvalue weighted by Gasteiger charge is 2.43. The first-order valence-corrected chi connectivity index (χ1v) is 14.8. The number of aromatic nitrogens is 2. The molecule has 0 bridgehead atoms. The van der Waals surface area contributed by atoms with E-state index in [2.05, 4.69) is 15.8 Å². The topological polar surface area (TPSA) is 79.3 Å². The normalized spacial score (nSPS) is 21.1. The average Bonchev–Trinajstić information content (AvgIpc) is 3.42. The van der Waals surface area contributed by atoms with Crippen LogP contribution in [0.5, 0.6) is 0 Å². The monoisotopic (exact) mass is 569 g/mol. The van der Waals surface area contributed by atoms with Crippen LogP contribution in [0.25, 0.3) is 21.5 Å². The Hall–Kier alpha value is -2.04. The molecule has 1 saturated heterocycles. The Balaban J connectivity index is 1.58. The van der Waals surface area contributed by atoms with Crippen molar-refractivity contribution in [2.75, 3.05) is 6.61 Å². The molecule has 38 heavy (non-hydrogen) atoms. The summed E-state index contributed by atoms with van der Waals surface area (Å²) < 4.78 is 29.2. The van der Waals surface area contributed by atoms with Gasteiger partial charge < -0.3 is 14.0 Å². The molecule has 0 amide bonds. The Morgan fingerprint density at radius 2 is 1.82 bits per heavy atom. The largest absolute Gasteiger partial charge is 0.598 e. The second kappa shape index (κ2) is 10.2. The zero-order valence-electron chi connectivity index (χ0n) is 22.4. The van der Waals surface area contributed by atoms with Gasteiger partial charge in [-0.15, -0.1) is 16.1 Å². The molecule has 1 aliphatic rings. The zero-order valence-corrected chi connectivity index (χ0v) is 24.8. The van der Waals surface area contributed by atoms with Crippen molar-refractivity contribution in [1.29, 1.82) is 0 Å². The molecule has 3 atom stereocenters. The molecule has 1 N–H and O–H groups in total. The number of benzene rings is 1. The Kier molecular flexibility index (Phi) is 7.37. The molecule has 5 rings (SSSR count). The van der Waals surface area contributed by atoms with Crippen LogP contribution in [0, 0.1) is 0 Å². The Morgan fingerprint density at radius 1 is 1.08 bits per heavy atom. The second-order valence-corrected chi connectivity index (χ2v) is 14.6. The van der Waals surface area contributed by atoms with E-state index in [4.69, 9.17) is 26.1 Å². The molecular formula is C29H32ClN3O3S2. The molecule has 6 nitrogen and oxygen atoms in total. The lowest BCUT2D eigenvalue weighted by Gasteiger charge is -2.28. The molecule has 2 unspecified atom stereocenters. The molecule has 1 aromatic carbocycles. The minimum absolute atomic E-state index is 0.361. The van der Waals surface area contributed by atoms with Crippen LogP contribution >= 0.6 is 22.9 Å². The fourth-order valence-corrected chi connectivity index (χ4v) is 6.88. The summed E-state index contributed by atoms with van der Waals surface area (Å²) in [5.74, 6) is -0.640. The van der Waals surface area contributed by atoms with E-state index < -0.39 is 27.5 Å². The zero-order chi connectivity index (χ0) is 27.3. The lowest BCUT2D eigenvalue weighted by molar-refractivity contribution is -0.159. The van der Waals surface area contributed by atoms with Gasteiger partial charge in [0.1, 0.15) is 16.4 Å². The highest BCUT2D eigenvalue weighted by Crippen LogP contribution is 2.42. The summed E-state index contributed by atoms with van der Waals surface area (Å²) in [6.07, 6.45) is 3.61. The lowest BCUT2D eigenvalue weighted by Crippen LogP contribution is -2.41. The highest BCUT2D eigenvalue weighted by atomic mass is 35.5. The van der Waals surface area contributed by atoms with Gasteiger partial charge in [-0.2, -0.15) is 0 Å². The quantitative estimate of drug-likeness (QED) is 0.248. The van der Waals surface area contributed by atoms with Crippen molar-refractivity contribution >= 4 is 44.5 Å². The molecule has 4 heterocycles. The summed E-state index contributed by atoms with van der Waals surface area (Å²) in [5.41, 5.74) is 3.97. The van der Waals surface area contributed by atoms with E-state index in [0.717, 1.165) is 37.5 Å². The van der Waals surface area contributed by atoms with Crippen LogP contribution in [0.3, 0.4) is 0 Å². The third kappa shape index (κ3) is 5.49. The SMILES string of the molecule is CC1(C)OC[C@](C)(c2ccnc(-c3ccnc4cc(C(N[S+]([O-])C(C)(C)C)c5ccccc5Cl)sc34)c2)O1. The van der Waals surface area contributed by atoms with Gasteiger partial charge in [-0.3, -0.25) is 9.97 Å². The number of nitrogens with zero attached hydrogens (tertiary/aromatic N) is 2. The van der Waals surface area contributed by atoms with E-state index in [9.17, 15) is 4.55 Å². The summed E-state index contributed by atoms with van der Waals surface area (Å²) >= 11 is 6.91. The van der Waals surface area contributed by atoms with E-state index in [1.807, 2.05) is 90.2 Å². The van der Waals surface area contributed by atoms with E-state index in [1.165, 1.54) is 0 Å².